The SMILES string of the molecule is CCOc1cc(/C=N/NC(=O)CCn2nnc3ccccc32)ccc1O. The molecule has 0 saturated heterocycles. The van der Waals surface area contributed by atoms with Crippen LogP contribution in [-0.4, -0.2) is 38.8 Å². The molecule has 0 aliphatic heterocycles. The maximum Gasteiger partial charge on any atom is 0.241 e. The van der Waals surface area contributed by atoms with Gasteiger partial charge in [-0.25, -0.2) is 10.1 Å². The fourth-order valence-corrected chi connectivity index (χ4v) is 2.41. The summed E-state index contributed by atoms with van der Waals surface area (Å²) in [6.45, 7) is 2.69. The summed E-state index contributed by atoms with van der Waals surface area (Å²) in [6.07, 6.45) is 1.72. The highest BCUT2D eigenvalue weighted by Gasteiger charge is 2.06. The average Bonchev–Trinajstić information content (AvgIpc) is 3.06. The molecule has 0 atom stereocenters. The predicted molar refractivity (Wildman–Crippen MR) is 97.2 cm³/mol. The number of phenolic OH excluding ortho intramolecular Hbond substituents is 1. The molecule has 0 bridgehead atoms. The van der Waals surface area contributed by atoms with Gasteiger partial charge in [-0.3, -0.25) is 4.79 Å². The largest absolute Gasteiger partial charge is 0.504 e. The Morgan fingerprint density at radius 3 is 3.04 bits per heavy atom. The average molecular weight is 353 g/mol. The topological polar surface area (TPSA) is 102 Å². The number of hydrazone groups is 1. The van der Waals surface area contributed by atoms with E-state index in [-0.39, 0.29) is 18.1 Å². The Labute approximate surface area is 150 Å². The number of hydrogen-bond acceptors (Lipinski definition) is 6. The van der Waals surface area contributed by atoms with Crippen molar-refractivity contribution in [2.24, 2.45) is 5.10 Å². The number of ether oxygens (including phenoxy) is 1. The molecule has 0 unspecified atom stereocenters. The Morgan fingerprint density at radius 1 is 1.35 bits per heavy atom. The van der Waals surface area contributed by atoms with Gasteiger partial charge in [-0.1, -0.05) is 17.3 Å². The summed E-state index contributed by atoms with van der Waals surface area (Å²) in [6, 6.07) is 12.4. The highest BCUT2D eigenvalue weighted by Crippen LogP contribution is 2.26. The van der Waals surface area contributed by atoms with Gasteiger partial charge in [-0.15, -0.1) is 5.10 Å². The van der Waals surface area contributed by atoms with Crippen molar-refractivity contribution in [2.75, 3.05) is 6.61 Å². The molecule has 2 N–H and O–H groups in total. The van der Waals surface area contributed by atoms with E-state index in [2.05, 4.69) is 20.8 Å². The van der Waals surface area contributed by atoms with Gasteiger partial charge in [0, 0.05) is 6.42 Å². The van der Waals surface area contributed by atoms with Crippen LogP contribution in [0.5, 0.6) is 11.5 Å². The third-order valence-electron chi connectivity index (χ3n) is 3.66. The molecule has 1 aromatic heterocycles. The molecular formula is C18H19N5O3. The van der Waals surface area contributed by atoms with Gasteiger partial charge in [0.15, 0.2) is 11.5 Å². The van der Waals surface area contributed by atoms with Crippen LogP contribution in [0, 0.1) is 0 Å². The second-order valence-electron chi connectivity index (χ2n) is 5.50. The Kier molecular flexibility index (Phi) is 5.43. The van der Waals surface area contributed by atoms with E-state index in [0.717, 1.165) is 11.0 Å². The lowest BCUT2D eigenvalue weighted by Gasteiger charge is -2.06. The molecule has 8 heteroatoms. The van der Waals surface area contributed by atoms with Gasteiger partial charge in [0.25, 0.3) is 0 Å². The highest BCUT2D eigenvalue weighted by atomic mass is 16.5. The number of aromatic nitrogens is 3. The van der Waals surface area contributed by atoms with E-state index in [0.29, 0.717) is 24.5 Å². The number of aromatic hydroxyl groups is 1. The van der Waals surface area contributed by atoms with Gasteiger partial charge in [-0.05, 0) is 42.8 Å². The van der Waals surface area contributed by atoms with Crippen LogP contribution in [0.4, 0.5) is 0 Å². The van der Waals surface area contributed by atoms with Crippen molar-refractivity contribution in [1.29, 1.82) is 0 Å². The molecule has 0 radical (unpaired) electrons. The number of hydrogen-bond donors (Lipinski definition) is 2. The summed E-state index contributed by atoms with van der Waals surface area (Å²) in [5.41, 5.74) is 4.86. The molecule has 1 amide bonds. The van der Waals surface area contributed by atoms with Crippen LogP contribution >= 0.6 is 0 Å². The normalized spacial score (nSPS) is 11.1. The van der Waals surface area contributed by atoms with Crippen LogP contribution in [0.25, 0.3) is 11.0 Å². The third kappa shape index (κ3) is 4.15. The van der Waals surface area contributed by atoms with Crippen LogP contribution in [0.15, 0.2) is 47.6 Å². The summed E-state index contributed by atoms with van der Waals surface area (Å²) in [4.78, 5) is 11.9. The highest BCUT2D eigenvalue weighted by molar-refractivity contribution is 5.83. The van der Waals surface area contributed by atoms with Crippen LogP contribution in [0.3, 0.4) is 0 Å². The Balaban J connectivity index is 1.54. The first kappa shape index (κ1) is 17.4. The molecule has 134 valence electrons. The lowest BCUT2D eigenvalue weighted by atomic mass is 10.2. The molecule has 0 aliphatic carbocycles. The van der Waals surface area contributed by atoms with Crippen molar-refractivity contribution in [3.63, 3.8) is 0 Å². The van der Waals surface area contributed by atoms with Gasteiger partial charge >= 0.3 is 0 Å². The molecule has 0 saturated carbocycles. The lowest BCUT2D eigenvalue weighted by molar-refractivity contribution is -0.121. The lowest BCUT2D eigenvalue weighted by Crippen LogP contribution is -2.19. The van der Waals surface area contributed by atoms with E-state index >= 15 is 0 Å². The Hall–Kier alpha value is -3.42. The molecular weight excluding hydrogens is 334 g/mol. The van der Waals surface area contributed by atoms with Crippen LogP contribution in [-0.2, 0) is 11.3 Å². The van der Waals surface area contributed by atoms with Crippen molar-refractivity contribution in [2.45, 2.75) is 19.9 Å². The zero-order valence-corrected chi connectivity index (χ0v) is 14.3. The first-order chi connectivity index (χ1) is 12.7. The number of benzene rings is 2. The summed E-state index contributed by atoms with van der Waals surface area (Å²) in [5.74, 6) is 0.207. The number of amides is 1. The molecule has 0 spiro atoms. The van der Waals surface area contributed by atoms with E-state index < -0.39 is 0 Å². The minimum absolute atomic E-state index is 0.0631. The quantitative estimate of drug-likeness (QED) is 0.500. The molecule has 8 nitrogen and oxygen atoms in total. The number of aryl methyl sites for hydroxylation is 1. The zero-order chi connectivity index (χ0) is 18.4. The van der Waals surface area contributed by atoms with E-state index in [1.165, 1.54) is 12.3 Å². The smallest absolute Gasteiger partial charge is 0.241 e. The molecule has 26 heavy (non-hydrogen) atoms. The molecule has 3 rings (SSSR count). The molecule has 3 aromatic rings. The first-order valence-electron chi connectivity index (χ1n) is 8.23. The number of rotatable bonds is 7. The van der Waals surface area contributed by atoms with Crippen molar-refractivity contribution in [1.82, 2.24) is 20.4 Å². The summed E-state index contributed by atoms with van der Waals surface area (Å²) in [7, 11) is 0. The molecule has 0 fully saturated rings. The second-order valence-corrected chi connectivity index (χ2v) is 5.50. The fraction of sp³-hybridized carbons (Fsp3) is 0.222. The van der Waals surface area contributed by atoms with E-state index in [1.807, 2.05) is 31.2 Å². The zero-order valence-electron chi connectivity index (χ0n) is 14.3. The number of para-hydroxylation sites is 1. The third-order valence-corrected chi connectivity index (χ3v) is 3.66. The van der Waals surface area contributed by atoms with Gasteiger partial charge in [0.05, 0.1) is 24.9 Å². The van der Waals surface area contributed by atoms with Crippen LogP contribution in [0.2, 0.25) is 0 Å². The minimum atomic E-state index is -0.232. The van der Waals surface area contributed by atoms with Gasteiger partial charge in [-0.2, -0.15) is 5.10 Å². The number of nitrogens with one attached hydrogen (secondary N) is 1. The van der Waals surface area contributed by atoms with Gasteiger partial charge < -0.3 is 9.84 Å². The Bertz CT molecular complexity index is 935. The van der Waals surface area contributed by atoms with E-state index in [4.69, 9.17) is 4.74 Å². The number of nitrogens with zero attached hydrogens (tertiary/aromatic N) is 4. The van der Waals surface area contributed by atoms with E-state index in [1.54, 1.807) is 16.8 Å². The number of phenols is 1. The molecule has 2 aromatic carbocycles. The summed E-state index contributed by atoms with van der Waals surface area (Å²) in [5, 5.41) is 21.7. The Morgan fingerprint density at radius 2 is 2.19 bits per heavy atom. The van der Waals surface area contributed by atoms with Crippen molar-refractivity contribution in [3.05, 3.63) is 48.0 Å². The van der Waals surface area contributed by atoms with Gasteiger partial charge in [0.2, 0.25) is 5.91 Å². The van der Waals surface area contributed by atoms with Crippen molar-refractivity contribution in [3.8, 4) is 11.5 Å². The number of carbonyl (C=O) groups is 1. The maximum atomic E-state index is 11.9. The van der Waals surface area contributed by atoms with Crippen molar-refractivity contribution >= 4 is 23.2 Å². The summed E-state index contributed by atoms with van der Waals surface area (Å²) < 4.78 is 6.99. The second kappa shape index (κ2) is 8.11. The number of carbonyl (C=O) groups excluding carboxylic acids is 1. The number of fused-ring (bicyclic) bond motifs is 1. The first-order valence-corrected chi connectivity index (χ1v) is 8.23. The minimum Gasteiger partial charge on any atom is -0.504 e. The predicted octanol–water partition coefficient (Wildman–Crippen LogP) is 2.08. The standard InChI is InChI=1S/C18H19N5O3/c1-2-26-17-11-13(7-8-16(17)24)12-19-21-18(25)9-10-23-15-6-4-3-5-14(15)20-22-23/h3-8,11-12,24H,2,9-10H2,1H3,(H,21,25)/b19-12+. The molecule has 1 heterocycles. The van der Waals surface area contributed by atoms with Crippen LogP contribution < -0.4 is 10.2 Å². The van der Waals surface area contributed by atoms with Gasteiger partial charge in [0.1, 0.15) is 5.52 Å². The maximum absolute atomic E-state index is 11.9. The summed E-state index contributed by atoms with van der Waals surface area (Å²) >= 11 is 0. The fourth-order valence-electron chi connectivity index (χ4n) is 2.41. The van der Waals surface area contributed by atoms with E-state index in [9.17, 15) is 9.90 Å². The van der Waals surface area contributed by atoms with Crippen LogP contribution in [0.1, 0.15) is 18.9 Å². The molecule has 0 aliphatic rings. The van der Waals surface area contributed by atoms with Crippen molar-refractivity contribution < 1.29 is 14.6 Å². The monoisotopic (exact) mass is 353 g/mol.